The molecule has 0 saturated carbocycles. The van der Waals surface area contributed by atoms with Gasteiger partial charge in [0.15, 0.2) is 11.6 Å². The second kappa shape index (κ2) is 12.0. The van der Waals surface area contributed by atoms with E-state index in [0.717, 1.165) is 76.0 Å². The second-order valence-electron chi connectivity index (χ2n) is 8.81. The zero-order valence-corrected chi connectivity index (χ0v) is 20.1. The van der Waals surface area contributed by atoms with Crippen LogP contribution in [0.1, 0.15) is 30.1 Å². The van der Waals surface area contributed by atoms with Crippen molar-refractivity contribution in [3.63, 3.8) is 0 Å². The van der Waals surface area contributed by atoms with Crippen molar-refractivity contribution in [3.8, 4) is 5.75 Å². The van der Waals surface area contributed by atoms with Crippen molar-refractivity contribution in [2.24, 2.45) is 0 Å². The smallest absolute Gasteiger partial charge is 0.253 e. The fraction of sp³-hybridized carbons (Fsp3) is 0.560. The van der Waals surface area contributed by atoms with E-state index in [-0.39, 0.29) is 12.5 Å². The molecule has 1 amide bonds. The number of benzene rings is 1. The highest BCUT2D eigenvalue weighted by molar-refractivity contribution is 5.94. The van der Waals surface area contributed by atoms with Crippen LogP contribution in [-0.4, -0.2) is 103 Å². The van der Waals surface area contributed by atoms with Crippen LogP contribution in [0.25, 0.3) is 0 Å². The van der Waals surface area contributed by atoms with Crippen molar-refractivity contribution in [2.75, 3.05) is 81.9 Å². The third-order valence-corrected chi connectivity index (χ3v) is 6.51. The summed E-state index contributed by atoms with van der Waals surface area (Å²) in [4.78, 5) is 21.5. The van der Waals surface area contributed by atoms with Crippen LogP contribution >= 0.6 is 0 Å². The molecular formula is C25H36N6O3. The number of carbonyl (C=O) groups excluding carboxylic acids is 1. The van der Waals surface area contributed by atoms with Gasteiger partial charge in [-0.2, -0.15) is 0 Å². The monoisotopic (exact) mass is 468 g/mol. The number of anilines is 2. The summed E-state index contributed by atoms with van der Waals surface area (Å²) >= 11 is 0. The highest BCUT2D eigenvalue weighted by Crippen LogP contribution is 2.19. The van der Waals surface area contributed by atoms with E-state index in [4.69, 9.17) is 9.84 Å². The molecule has 1 N–H and O–H groups in total. The zero-order valence-electron chi connectivity index (χ0n) is 20.1. The maximum atomic E-state index is 12.9. The van der Waals surface area contributed by atoms with Crippen LogP contribution in [0.15, 0.2) is 36.4 Å². The zero-order chi connectivity index (χ0) is 23.8. The van der Waals surface area contributed by atoms with Gasteiger partial charge in [0.25, 0.3) is 5.91 Å². The van der Waals surface area contributed by atoms with Crippen LogP contribution in [0, 0.1) is 0 Å². The molecule has 0 bridgehead atoms. The van der Waals surface area contributed by atoms with Gasteiger partial charge in [0, 0.05) is 64.5 Å². The number of aliphatic hydroxyl groups excluding tert-OH is 1. The maximum Gasteiger partial charge on any atom is 0.253 e. The number of rotatable bonds is 9. The number of amides is 1. The fourth-order valence-corrected chi connectivity index (χ4v) is 4.35. The Balaban J connectivity index is 1.25. The van der Waals surface area contributed by atoms with Crippen LogP contribution in [0.5, 0.6) is 5.75 Å². The molecular weight excluding hydrogens is 432 g/mol. The molecule has 34 heavy (non-hydrogen) atoms. The van der Waals surface area contributed by atoms with E-state index in [9.17, 15) is 4.79 Å². The molecule has 0 atom stereocenters. The molecule has 2 aliphatic heterocycles. The molecule has 1 aromatic heterocycles. The Morgan fingerprint density at radius 2 is 1.47 bits per heavy atom. The van der Waals surface area contributed by atoms with E-state index in [1.165, 1.54) is 0 Å². The van der Waals surface area contributed by atoms with Crippen molar-refractivity contribution in [1.82, 2.24) is 20.0 Å². The molecule has 0 aliphatic carbocycles. The summed E-state index contributed by atoms with van der Waals surface area (Å²) in [5.74, 6) is 2.61. The van der Waals surface area contributed by atoms with E-state index in [0.29, 0.717) is 25.3 Å². The van der Waals surface area contributed by atoms with Crippen LogP contribution in [0.3, 0.4) is 0 Å². The quantitative estimate of drug-likeness (QED) is 0.557. The number of hydrogen-bond donors (Lipinski definition) is 1. The van der Waals surface area contributed by atoms with Gasteiger partial charge in [0.05, 0.1) is 13.2 Å². The number of hydrogen-bond acceptors (Lipinski definition) is 8. The van der Waals surface area contributed by atoms with E-state index < -0.39 is 0 Å². The Hall–Kier alpha value is -2.91. The Bertz CT molecular complexity index is 892. The summed E-state index contributed by atoms with van der Waals surface area (Å²) < 4.78 is 5.69. The van der Waals surface area contributed by atoms with Gasteiger partial charge in [-0.1, -0.05) is 13.3 Å². The van der Waals surface area contributed by atoms with Gasteiger partial charge in [-0.15, -0.1) is 10.2 Å². The lowest BCUT2D eigenvalue weighted by atomic mass is 10.1. The van der Waals surface area contributed by atoms with Gasteiger partial charge in [-0.3, -0.25) is 9.69 Å². The van der Waals surface area contributed by atoms with Crippen molar-refractivity contribution in [2.45, 2.75) is 19.8 Å². The number of piperazine rings is 2. The fourth-order valence-electron chi connectivity index (χ4n) is 4.35. The predicted octanol–water partition coefficient (Wildman–Crippen LogP) is 1.73. The van der Waals surface area contributed by atoms with E-state index in [1.807, 2.05) is 41.3 Å². The molecule has 9 heteroatoms. The topological polar surface area (TPSA) is 85.3 Å². The largest absolute Gasteiger partial charge is 0.494 e. The Kier molecular flexibility index (Phi) is 8.54. The van der Waals surface area contributed by atoms with Crippen LogP contribution < -0.4 is 14.5 Å². The number of β-amino-alcohol motifs (C(OH)–C–C–N with tert-alkyl or cyclic N) is 1. The van der Waals surface area contributed by atoms with E-state index in [2.05, 4.69) is 31.8 Å². The second-order valence-corrected chi connectivity index (χ2v) is 8.81. The molecule has 1 aromatic carbocycles. The van der Waals surface area contributed by atoms with E-state index in [1.54, 1.807) is 0 Å². The number of nitrogens with zero attached hydrogens (tertiary/aromatic N) is 6. The third-order valence-electron chi connectivity index (χ3n) is 6.51. The van der Waals surface area contributed by atoms with Crippen molar-refractivity contribution in [1.29, 1.82) is 0 Å². The molecule has 0 spiro atoms. The molecule has 2 aromatic rings. The van der Waals surface area contributed by atoms with Crippen molar-refractivity contribution < 1.29 is 14.6 Å². The average molecular weight is 469 g/mol. The average Bonchev–Trinajstić information content (AvgIpc) is 2.90. The lowest BCUT2D eigenvalue weighted by Crippen LogP contribution is -2.49. The summed E-state index contributed by atoms with van der Waals surface area (Å²) in [6.07, 6.45) is 2.13. The SMILES string of the molecule is CCCCOc1ccc(C(=O)N2CCN(c3ccc(N4CCN(CCO)CC4)nn3)CC2)cc1. The lowest BCUT2D eigenvalue weighted by Gasteiger charge is -2.36. The summed E-state index contributed by atoms with van der Waals surface area (Å²) in [6.45, 7) is 10.2. The van der Waals surface area contributed by atoms with Crippen LogP contribution in [0.4, 0.5) is 11.6 Å². The molecule has 2 aliphatic rings. The first-order chi connectivity index (χ1) is 16.7. The van der Waals surface area contributed by atoms with Gasteiger partial charge in [0.2, 0.25) is 0 Å². The Morgan fingerprint density at radius 1 is 0.882 bits per heavy atom. The molecule has 4 rings (SSSR count). The van der Waals surface area contributed by atoms with Gasteiger partial charge in [0.1, 0.15) is 5.75 Å². The summed E-state index contributed by atoms with van der Waals surface area (Å²) in [5, 5.41) is 18.0. The first-order valence-corrected chi connectivity index (χ1v) is 12.4. The minimum Gasteiger partial charge on any atom is -0.494 e. The first-order valence-electron chi connectivity index (χ1n) is 12.4. The predicted molar refractivity (Wildman–Crippen MR) is 133 cm³/mol. The van der Waals surface area contributed by atoms with Crippen LogP contribution in [0.2, 0.25) is 0 Å². The number of aromatic nitrogens is 2. The molecule has 184 valence electrons. The minimum atomic E-state index is 0.0570. The highest BCUT2D eigenvalue weighted by atomic mass is 16.5. The Morgan fingerprint density at radius 3 is 2.00 bits per heavy atom. The number of aliphatic hydroxyl groups is 1. The van der Waals surface area contributed by atoms with Crippen LogP contribution in [-0.2, 0) is 0 Å². The minimum absolute atomic E-state index is 0.0570. The number of ether oxygens (including phenoxy) is 1. The Labute approximate surface area is 201 Å². The van der Waals surface area contributed by atoms with Gasteiger partial charge in [-0.25, -0.2) is 0 Å². The summed E-state index contributed by atoms with van der Waals surface area (Å²) in [5.41, 5.74) is 0.694. The molecule has 2 fully saturated rings. The van der Waals surface area contributed by atoms with Gasteiger partial charge < -0.3 is 24.5 Å². The standard InChI is InChI=1S/C25H36N6O3/c1-2-3-20-34-22-6-4-21(5-7-22)25(33)31-16-14-30(15-17-31)24-9-8-23(26-27-24)29-12-10-28(11-13-29)18-19-32/h4-9,32H,2-3,10-20H2,1H3. The normalized spacial score (nSPS) is 17.2. The summed E-state index contributed by atoms with van der Waals surface area (Å²) in [7, 11) is 0. The summed E-state index contributed by atoms with van der Waals surface area (Å²) in [6, 6.07) is 11.5. The number of carbonyl (C=O) groups is 1. The molecule has 2 saturated heterocycles. The number of unbranched alkanes of at least 4 members (excludes halogenated alkanes) is 1. The first kappa shape index (κ1) is 24.2. The lowest BCUT2D eigenvalue weighted by molar-refractivity contribution is 0.0746. The molecule has 3 heterocycles. The van der Waals surface area contributed by atoms with Gasteiger partial charge >= 0.3 is 0 Å². The highest BCUT2D eigenvalue weighted by Gasteiger charge is 2.24. The molecule has 0 unspecified atom stereocenters. The molecule has 9 nitrogen and oxygen atoms in total. The third kappa shape index (κ3) is 6.15. The maximum absolute atomic E-state index is 12.9. The molecule has 0 radical (unpaired) electrons. The van der Waals surface area contributed by atoms with Crippen molar-refractivity contribution >= 4 is 17.5 Å². The van der Waals surface area contributed by atoms with Crippen molar-refractivity contribution in [3.05, 3.63) is 42.0 Å². The van der Waals surface area contributed by atoms with E-state index >= 15 is 0 Å². The van der Waals surface area contributed by atoms with Gasteiger partial charge in [-0.05, 0) is 42.8 Å².